The van der Waals surface area contributed by atoms with E-state index >= 15 is 0 Å². The summed E-state index contributed by atoms with van der Waals surface area (Å²) in [7, 11) is 0. The molecule has 0 aromatic heterocycles. The monoisotopic (exact) mass is 366 g/mol. The van der Waals surface area contributed by atoms with E-state index in [4.69, 9.17) is 4.11 Å². The molecule has 5 heteroatoms. The molecule has 4 aliphatic rings. The van der Waals surface area contributed by atoms with Crippen molar-refractivity contribution in [2.24, 2.45) is 28.6 Å². The molecule has 0 heterocycles. The standard InChI is InChI=1S/C21H30O5/c1-19-7-5-13(23)9-12(19)3-4-14-15-6-8-21(26,17(25)11-22)20(15,2)10-16(24)18(14)19/h9,14-16,18,22,24,26H,3-8,10-11H2,1-2H3/t14-,15-,16-,18+,19-,20-,21-/m0/s1/i10D2,16D,18D. The molecule has 0 saturated heterocycles. The smallest absolute Gasteiger partial charge is 0.190 e. The third kappa shape index (κ3) is 2.14. The zero-order valence-corrected chi connectivity index (χ0v) is 15.3. The Morgan fingerprint density at radius 3 is 2.77 bits per heavy atom. The van der Waals surface area contributed by atoms with Crippen molar-refractivity contribution in [3.63, 3.8) is 0 Å². The van der Waals surface area contributed by atoms with Crippen molar-refractivity contribution < 1.29 is 30.4 Å². The van der Waals surface area contributed by atoms with E-state index < -0.39 is 59.0 Å². The zero-order chi connectivity index (χ0) is 22.5. The third-order valence-corrected chi connectivity index (χ3v) is 7.75. The highest BCUT2D eigenvalue weighted by Gasteiger charge is 2.68. The van der Waals surface area contributed by atoms with Crippen LogP contribution >= 0.6 is 0 Å². The van der Waals surface area contributed by atoms with Gasteiger partial charge in [0.05, 0.1) is 7.45 Å². The number of carbonyl (C=O) groups is 2. The SMILES string of the molecule is [2H]C1([2H])[C@]([2H])(O)[C@@]2([2H])[C@@H](CCC3=CC(=O)CC[C@@]32C)[C@@H]2CC[C@](O)(C(=O)CO)[C@]21C. The van der Waals surface area contributed by atoms with Crippen LogP contribution in [0.15, 0.2) is 11.6 Å². The Balaban J connectivity index is 1.97. The van der Waals surface area contributed by atoms with E-state index in [-0.39, 0.29) is 31.5 Å². The van der Waals surface area contributed by atoms with Gasteiger partial charge < -0.3 is 15.3 Å². The number of allylic oxidation sites excluding steroid dienone is 1. The average Bonchev–Trinajstić information content (AvgIpc) is 2.96. The van der Waals surface area contributed by atoms with Crippen molar-refractivity contribution in [3.8, 4) is 0 Å². The molecule has 0 amide bonds. The van der Waals surface area contributed by atoms with Gasteiger partial charge in [-0.15, -0.1) is 0 Å². The molecule has 3 N–H and O–H groups in total. The van der Waals surface area contributed by atoms with Crippen LogP contribution in [0.3, 0.4) is 0 Å². The second-order valence-electron chi connectivity index (χ2n) is 8.79. The van der Waals surface area contributed by atoms with Crippen LogP contribution in [-0.2, 0) is 9.59 Å². The summed E-state index contributed by atoms with van der Waals surface area (Å²) in [5.41, 5.74) is -4.47. The van der Waals surface area contributed by atoms with Crippen LogP contribution in [0.5, 0.6) is 0 Å². The minimum atomic E-state index is -2.96. The second kappa shape index (κ2) is 5.73. The summed E-state index contributed by atoms with van der Waals surface area (Å²) in [5, 5.41) is 32.3. The van der Waals surface area contributed by atoms with E-state index in [9.17, 15) is 26.3 Å². The van der Waals surface area contributed by atoms with Crippen LogP contribution in [0.2, 0.25) is 0 Å². The Morgan fingerprint density at radius 1 is 1.35 bits per heavy atom. The maximum atomic E-state index is 12.6. The normalized spacial score (nSPS) is 60.3. The fourth-order valence-corrected chi connectivity index (χ4v) is 6.21. The maximum absolute atomic E-state index is 12.6. The number of hydrogen-bond donors (Lipinski definition) is 3. The fraction of sp³-hybridized carbons (Fsp3) is 0.810. The highest BCUT2D eigenvalue weighted by molar-refractivity contribution is 5.91. The highest BCUT2D eigenvalue weighted by atomic mass is 16.3. The first-order valence-electron chi connectivity index (χ1n) is 11.5. The van der Waals surface area contributed by atoms with E-state index in [0.717, 1.165) is 0 Å². The lowest BCUT2D eigenvalue weighted by Gasteiger charge is -2.60. The van der Waals surface area contributed by atoms with Crippen LogP contribution < -0.4 is 0 Å². The number of carbonyl (C=O) groups excluding carboxylic acids is 2. The predicted molar refractivity (Wildman–Crippen MR) is 95.1 cm³/mol. The Bertz CT molecular complexity index is 856. The van der Waals surface area contributed by atoms with Gasteiger partial charge in [0.15, 0.2) is 11.6 Å². The lowest BCUT2D eigenvalue weighted by molar-refractivity contribution is -0.182. The summed E-state index contributed by atoms with van der Waals surface area (Å²) in [5.74, 6) is -4.23. The van der Waals surface area contributed by atoms with Crippen LogP contribution in [0.4, 0.5) is 0 Å². The number of Topliss-reactive ketones (excluding diaryl/α,β-unsaturated/α-hetero) is 1. The summed E-state index contributed by atoms with van der Waals surface area (Å²) >= 11 is 0. The van der Waals surface area contributed by atoms with Gasteiger partial charge >= 0.3 is 0 Å². The summed E-state index contributed by atoms with van der Waals surface area (Å²) in [4.78, 5) is 24.6. The molecular formula is C21H30O5. The summed E-state index contributed by atoms with van der Waals surface area (Å²) in [6, 6.07) is 0. The van der Waals surface area contributed by atoms with Gasteiger partial charge in [-0.25, -0.2) is 0 Å². The van der Waals surface area contributed by atoms with Crippen molar-refractivity contribution >= 4 is 11.6 Å². The average molecular weight is 366 g/mol. The number of rotatable bonds is 2. The quantitative estimate of drug-likeness (QED) is 0.692. The first kappa shape index (κ1) is 14.0. The molecule has 0 spiro atoms. The molecule has 7 atom stereocenters. The molecule has 4 aliphatic carbocycles. The van der Waals surface area contributed by atoms with Crippen LogP contribution in [0, 0.1) is 28.6 Å². The largest absolute Gasteiger partial charge is 0.393 e. The van der Waals surface area contributed by atoms with Gasteiger partial charge in [-0.05, 0) is 67.7 Å². The number of hydrogen-bond acceptors (Lipinski definition) is 5. The van der Waals surface area contributed by atoms with Crippen molar-refractivity contribution in [2.75, 3.05) is 6.61 Å². The lowest BCUT2D eigenvalue weighted by Crippen LogP contribution is -2.62. The molecule has 3 fully saturated rings. The van der Waals surface area contributed by atoms with Crippen LogP contribution in [0.25, 0.3) is 0 Å². The summed E-state index contributed by atoms with van der Waals surface area (Å²) in [6.45, 7) is 2.16. The Labute approximate surface area is 160 Å². The molecule has 0 aliphatic heterocycles. The highest BCUT2D eigenvalue weighted by Crippen LogP contribution is 2.67. The fourth-order valence-electron chi connectivity index (χ4n) is 6.21. The van der Waals surface area contributed by atoms with Gasteiger partial charge in [0.25, 0.3) is 0 Å². The Kier molecular flexibility index (Phi) is 3.09. The molecule has 26 heavy (non-hydrogen) atoms. The van der Waals surface area contributed by atoms with Gasteiger partial charge in [0, 0.05) is 15.9 Å². The second-order valence-corrected chi connectivity index (χ2v) is 8.79. The van der Waals surface area contributed by atoms with Gasteiger partial charge in [0.2, 0.25) is 0 Å². The number of fused-ring (bicyclic) bond motifs is 5. The number of aliphatic hydroxyl groups is 3. The van der Waals surface area contributed by atoms with Gasteiger partial charge in [-0.1, -0.05) is 19.4 Å². The minimum absolute atomic E-state index is 0.0644. The lowest BCUT2D eigenvalue weighted by atomic mass is 9.45. The molecule has 5 nitrogen and oxygen atoms in total. The van der Waals surface area contributed by atoms with Crippen molar-refractivity contribution in [2.45, 2.75) is 70.4 Å². The van der Waals surface area contributed by atoms with Crippen molar-refractivity contribution in [1.82, 2.24) is 0 Å². The molecular weight excluding hydrogens is 332 g/mol. The molecule has 4 rings (SSSR count). The molecule has 0 aromatic rings. The maximum Gasteiger partial charge on any atom is 0.190 e. The van der Waals surface area contributed by atoms with E-state index in [1.54, 1.807) is 6.92 Å². The molecule has 144 valence electrons. The molecule has 0 unspecified atom stereocenters. The first-order valence-corrected chi connectivity index (χ1v) is 9.49. The van der Waals surface area contributed by atoms with Gasteiger partial charge in [-0.2, -0.15) is 0 Å². The zero-order valence-electron chi connectivity index (χ0n) is 19.3. The molecule has 0 bridgehead atoms. The molecule has 0 aromatic carbocycles. The van der Waals surface area contributed by atoms with E-state index in [1.165, 1.54) is 13.0 Å². The first-order chi connectivity index (χ1) is 13.7. The Morgan fingerprint density at radius 2 is 2.08 bits per heavy atom. The summed E-state index contributed by atoms with van der Waals surface area (Å²) < 4.78 is 36.2. The van der Waals surface area contributed by atoms with Gasteiger partial charge in [-0.3, -0.25) is 9.59 Å². The third-order valence-electron chi connectivity index (χ3n) is 7.75. The van der Waals surface area contributed by atoms with Crippen LogP contribution in [0.1, 0.15) is 64.2 Å². The van der Waals surface area contributed by atoms with Crippen LogP contribution in [-0.4, -0.2) is 45.2 Å². The van der Waals surface area contributed by atoms with Crippen molar-refractivity contribution in [1.29, 1.82) is 0 Å². The van der Waals surface area contributed by atoms with Gasteiger partial charge in [0.1, 0.15) is 12.2 Å². The topological polar surface area (TPSA) is 94.8 Å². The molecule has 3 saturated carbocycles. The number of aliphatic hydroxyl groups excluding tert-OH is 1. The van der Waals surface area contributed by atoms with Crippen molar-refractivity contribution in [3.05, 3.63) is 11.6 Å². The summed E-state index contributed by atoms with van der Waals surface area (Å²) in [6.07, 6.45) is -2.86. The molecule has 0 radical (unpaired) electrons. The van der Waals surface area contributed by atoms with E-state index in [2.05, 4.69) is 0 Å². The minimum Gasteiger partial charge on any atom is -0.393 e. The van der Waals surface area contributed by atoms with E-state index in [0.29, 0.717) is 18.4 Å². The predicted octanol–water partition coefficient (Wildman–Crippen LogP) is 1.78. The number of ketones is 2. The van der Waals surface area contributed by atoms with E-state index in [1.807, 2.05) is 0 Å². The Hall–Kier alpha value is -1.04.